The Hall–Kier alpha value is -1.92. The predicted molar refractivity (Wildman–Crippen MR) is 100 cm³/mol. The van der Waals surface area contributed by atoms with Gasteiger partial charge in [0.2, 0.25) is 0 Å². The van der Waals surface area contributed by atoms with Gasteiger partial charge >= 0.3 is 0 Å². The average molecular weight is 347 g/mol. The van der Waals surface area contributed by atoms with Crippen LogP contribution >= 0.6 is 11.3 Å². The fraction of sp³-hybridized carbons (Fsp3) is 0.444. The summed E-state index contributed by atoms with van der Waals surface area (Å²) in [5.74, 6) is 0.800. The first kappa shape index (κ1) is 18.4. The van der Waals surface area contributed by atoms with Crippen LogP contribution in [0.15, 0.2) is 41.5 Å². The third-order valence-corrected chi connectivity index (χ3v) is 4.44. The lowest BCUT2D eigenvalue weighted by Crippen LogP contribution is -2.38. The molecule has 0 saturated carbocycles. The second-order valence-corrected chi connectivity index (χ2v) is 6.43. The number of aryl methyl sites for hydroxylation is 1. The van der Waals surface area contributed by atoms with Crippen molar-refractivity contribution in [3.8, 4) is 0 Å². The molecule has 130 valence electrons. The molecule has 6 heteroatoms. The molecular formula is C18H26N4OS. The number of aromatic nitrogens is 1. The zero-order valence-corrected chi connectivity index (χ0v) is 15.2. The Morgan fingerprint density at radius 3 is 2.75 bits per heavy atom. The average Bonchev–Trinajstić information content (AvgIpc) is 3.08. The molecule has 0 spiro atoms. The van der Waals surface area contributed by atoms with Crippen LogP contribution in [-0.2, 0) is 24.3 Å². The SMILES string of the molecule is CCNC(=NCc1ncc(CC)s1)NCCOCc1ccccc1. The maximum absolute atomic E-state index is 5.67. The first-order valence-corrected chi connectivity index (χ1v) is 9.21. The second kappa shape index (κ2) is 10.8. The molecule has 2 N–H and O–H groups in total. The van der Waals surface area contributed by atoms with Crippen molar-refractivity contribution in [2.75, 3.05) is 19.7 Å². The van der Waals surface area contributed by atoms with Crippen LogP contribution in [0.25, 0.3) is 0 Å². The van der Waals surface area contributed by atoms with Crippen LogP contribution in [0.1, 0.15) is 29.3 Å². The highest BCUT2D eigenvalue weighted by Gasteiger charge is 2.01. The van der Waals surface area contributed by atoms with Crippen molar-refractivity contribution in [3.63, 3.8) is 0 Å². The molecule has 2 rings (SSSR count). The van der Waals surface area contributed by atoms with Gasteiger partial charge < -0.3 is 15.4 Å². The van der Waals surface area contributed by atoms with Crippen molar-refractivity contribution in [2.45, 2.75) is 33.4 Å². The molecule has 0 atom stereocenters. The van der Waals surface area contributed by atoms with Gasteiger partial charge in [0.15, 0.2) is 5.96 Å². The van der Waals surface area contributed by atoms with Crippen molar-refractivity contribution in [1.29, 1.82) is 0 Å². The minimum absolute atomic E-state index is 0.602. The topological polar surface area (TPSA) is 58.5 Å². The van der Waals surface area contributed by atoms with E-state index in [1.54, 1.807) is 11.3 Å². The molecule has 0 aliphatic carbocycles. The minimum atomic E-state index is 0.602. The molecular weight excluding hydrogens is 320 g/mol. The molecule has 1 heterocycles. The highest BCUT2D eigenvalue weighted by Crippen LogP contribution is 2.13. The molecule has 0 amide bonds. The number of nitrogens with zero attached hydrogens (tertiary/aromatic N) is 2. The van der Waals surface area contributed by atoms with Crippen LogP contribution in [0.3, 0.4) is 0 Å². The van der Waals surface area contributed by atoms with Crippen molar-refractivity contribution in [1.82, 2.24) is 15.6 Å². The molecule has 0 aliphatic heterocycles. The van der Waals surface area contributed by atoms with Crippen LogP contribution in [0.4, 0.5) is 0 Å². The number of rotatable bonds is 9. The summed E-state index contributed by atoms with van der Waals surface area (Å²) < 4.78 is 5.67. The lowest BCUT2D eigenvalue weighted by molar-refractivity contribution is 0.125. The second-order valence-electron chi connectivity index (χ2n) is 5.23. The summed E-state index contributed by atoms with van der Waals surface area (Å²) in [7, 11) is 0. The van der Waals surface area contributed by atoms with E-state index in [1.165, 1.54) is 10.4 Å². The van der Waals surface area contributed by atoms with E-state index in [2.05, 4.69) is 46.6 Å². The number of hydrogen-bond acceptors (Lipinski definition) is 4. The maximum Gasteiger partial charge on any atom is 0.191 e. The van der Waals surface area contributed by atoms with Crippen LogP contribution in [0.2, 0.25) is 0 Å². The molecule has 2 aromatic rings. The van der Waals surface area contributed by atoms with Crippen molar-refractivity contribution < 1.29 is 4.74 Å². The maximum atomic E-state index is 5.67. The Labute approximate surface area is 148 Å². The first-order chi connectivity index (χ1) is 11.8. The summed E-state index contributed by atoms with van der Waals surface area (Å²) in [5, 5.41) is 7.58. The third-order valence-electron chi connectivity index (χ3n) is 3.32. The van der Waals surface area contributed by atoms with Gasteiger partial charge in [-0.3, -0.25) is 0 Å². The van der Waals surface area contributed by atoms with Gasteiger partial charge in [0.05, 0.1) is 19.8 Å². The summed E-state index contributed by atoms with van der Waals surface area (Å²) in [6, 6.07) is 10.2. The lowest BCUT2D eigenvalue weighted by Gasteiger charge is -2.11. The van der Waals surface area contributed by atoms with Crippen molar-refractivity contribution >= 4 is 17.3 Å². The van der Waals surface area contributed by atoms with Gasteiger partial charge in [0, 0.05) is 24.2 Å². The quantitative estimate of drug-likeness (QED) is 0.416. The summed E-state index contributed by atoms with van der Waals surface area (Å²) in [4.78, 5) is 10.3. The van der Waals surface area contributed by atoms with Gasteiger partial charge in [-0.2, -0.15) is 0 Å². The predicted octanol–water partition coefficient (Wildman–Crippen LogP) is 2.98. The molecule has 0 unspecified atom stereocenters. The number of hydrogen-bond donors (Lipinski definition) is 2. The largest absolute Gasteiger partial charge is 0.375 e. The minimum Gasteiger partial charge on any atom is -0.375 e. The smallest absolute Gasteiger partial charge is 0.191 e. The van der Waals surface area contributed by atoms with Crippen LogP contribution in [0.5, 0.6) is 0 Å². The van der Waals surface area contributed by atoms with E-state index in [0.717, 1.165) is 30.5 Å². The normalized spacial score (nSPS) is 11.5. The molecule has 1 aromatic carbocycles. The number of thiazole rings is 1. The van der Waals surface area contributed by atoms with Gasteiger partial charge in [-0.25, -0.2) is 9.98 Å². The number of aliphatic imine (C=N–C) groups is 1. The standard InChI is InChI=1S/C18H26N4OS/c1-3-16-12-21-17(24-16)13-22-18(19-4-2)20-10-11-23-14-15-8-6-5-7-9-15/h5-9,12H,3-4,10-11,13-14H2,1-2H3,(H2,19,20,22). The monoisotopic (exact) mass is 346 g/mol. The zero-order valence-electron chi connectivity index (χ0n) is 14.4. The van der Waals surface area contributed by atoms with Crippen molar-refractivity contribution in [2.24, 2.45) is 4.99 Å². The first-order valence-electron chi connectivity index (χ1n) is 8.39. The van der Waals surface area contributed by atoms with E-state index in [1.807, 2.05) is 24.4 Å². The van der Waals surface area contributed by atoms with E-state index in [9.17, 15) is 0 Å². The molecule has 1 aromatic heterocycles. The molecule has 0 aliphatic rings. The van der Waals surface area contributed by atoms with Gasteiger partial charge in [-0.1, -0.05) is 37.3 Å². The summed E-state index contributed by atoms with van der Waals surface area (Å²) in [5.41, 5.74) is 1.19. The highest BCUT2D eigenvalue weighted by molar-refractivity contribution is 7.11. The van der Waals surface area contributed by atoms with Crippen LogP contribution in [-0.4, -0.2) is 30.6 Å². The van der Waals surface area contributed by atoms with E-state index >= 15 is 0 Å². The van der Waals surface area contributed by atoms with E-state index < -0.39 is 0 Å². The summed E-state index contributed by atoms with van der Waals surface area (Å²) >= 11 is 1.72. The fourth-order valence-electron chi connectivity index (χ4n) is 2.08. The third kappa shape index (κ3) is 6.68. The number of nitrogens with one attached hydrogen (secondary N) is 2. The summed E-state index contributed by atoms with van der Waals surface area (Å²) in [6.07, 6.45) is 2.96. The molecule has 0 fully saturated rings. The molecule has 24 heavy (non-hydrogen) atoms. The van der Waals surface area contributed by atoms with Crippen LogP contribution < -0.4 is 10.6 Å². The number of ether oxygens (including phenoxy) is 1. The fourth-order valence-corrected chi connectivity index (χ4v) is 2.87. The number of guanidine groups is 1. The van der Waals surface area contributed by atoms with Gasteiger partial charge in [-0.15, -0.1) is 11.3 Å². The zero-order chi connectivity index (χ0) is 17.0. The molecule has 0 radical (unpaired) electrons. The van der Waals surface area contributed by atoms with Gasteiger partial charge in [0.1, 0.15) is 5.01 Å². The highest BCUT2D eigenvalue weighted by atomic mass is 32.1. The molecule has 0 bridgehead atoms. The Morgan fingerprint density at radius 2 is 2.04 bits per heavy atom. The van der Waals surface area contributed by atoms with Crippen molar-refractivity contribution in [3.05, 3.63) is 52.0 Å². The van der Waals surface area contributed by atoms with Gasteiger partial charge in [-0.05, 0) is 18.9 Å². The van der Waals surface area contributed by atoms with E-state index in [-0.39, 0.29) is 0 Å². The van der Waals surface area contributed by atoms with E-state index in [4.69, 9.17) is 4.74 Å². The molecule has 0 saturated heterocycles. The lowest BCUT2D eigenvalue weighted by atomic mass is 10.2. The van der Waals surface area contributed by atoms with Crippen LogP contribution in [0, 0.1) is 0 Å². The van der Waals surface area contributed by atoms with Gasteiger partial charge in [0.25, 0.3) is 0 Å². The Balaban J connectivity index is 1.71. The Kier molecular flexibility index (Phi) is 8.27. The number of benzene rings is 1. The Bertz CT molecular complexity index is 612. The summed E-state index contributed by atoms with van der Waals surface area (Å²) in [6.45, 7) is 7.62. The molecule has 5 nitrogen and oxygen atoms in total. The Morgan fingerprint density at radius 1 is 1.21 bits per heavy atom. The van der Waals surface area contributed by atoms with E-state index in [0.29, 0.717) is 19.8 Å².